The minimum Gasteiger partial charge on any atom is -0.309 e. The Hall–Kier alpha value is -0.390. The molecule has 0 aromatic carbocycles. The van der Waals surface area contributed by atoms with E-state index < -0.39 is 9.84 Å². The van der Waals surface area contributed by atoms with Gasteiger partial charge in [0.1, 0.15) is 9.84 Å². The molecule has 5 heteroatoms. The van der Waals surface area contributed by atoms with Crippen LogP contribution in [0.4, 0.5) is 0 Å². The van der Waals surface area contributed by atoms with Crippen molar-refractivity contribution in [3.05, 3.63) is 22.4 Å². The van der Waals surface area contributed by atoms with E-state index in [4.69, 9.17) is 0 Å². The first-order chi connectivity index (χ1) is 6.99. The van der Waals surface area contributed by atoms with Crippen LogP contribution in [-0.2, 0) is 9.84 Å². The Labute approximate surface area is 95.4 Å². The van der Waals surface area contributed by atoms with Crippen LogP contribution < -0.4 is 5.32 Å². The van der Waals surface area contributed by atoms with Gasteiger partial charge in [-0.1, -0.05) is 6.07 Å². The quantitative estimate of drug-likeness (QED) is 0.780. The zero-order chi connectivity index (χ0) is 11.3. The summed E-state index contributed by atoms with van der Waals surface area (Å²) in [5.74, 6) is 0.261. The summed E-state index contributed by atoms with van der Waals surface area (Å²) in [6.45, 7) is 2.83. The van der Waals surface area contributed by atoms with Gasteiger partial charge in [-0.3, -0.25) is 0 Å². The van der Waals surface area contributed by atoms with Crippen LogP contribution in [0.1, 0.15) is 24.3 Å². The molecule has 0 aliphatic carbocycles. The molecule has 0 bridgehead atoms. The molecule has 1 aromatic heterocycles. The van der Waals surface area contributed by atoms with Crippen molar-refractivity contribution >= 4 is 21.2 Å². The summed E-state index contributed by atoms with van der Waals surface area (Å²) in [4.78, 5) is 1.29. The summed E-state index contributed by atoms with van der Waals surface area (Å²) >= 11 is 1.71. The first kappa shape index (κ1) is 12.7. The van der Waals surface area contributed by atoms with Crippen LogP contribution in [0.3, 0.4) is 0 Å². The maximum absolute atomic E-state index is 10.9. The average molecular weight is 247 g/mol. The van der Waals surface area contributed by atoms with Crippen LogP contribution in [0, 0.1) is 0 Å². The molecule has 0 amide bonds. The average Bonchev–Trinajstić information content (AvgIpc) is 2.63. The maximum atomic E-state index is 10.9. The van der Waals surface area contributed by atoms with E-state index in [2.05, 4.69) is 18.3 Å². The Bertz CT molecular complexity index is 370. The second kappa shape index (κ2) is 5.63. The third kappa shape index (κ3) is 5.30. The van der Waals surface area contributed by atoms with Crippen LogP contribution in [-0.4, -0.2) is 27.0 Å². The maximum Gasteiger partial charge on any atom is 0.147 e. The van der Waals surface area contributed by atoms with Crippen molar-refractivity contribution in [1.82, 2.24) is 5.32 Å². The first-order valence-electron chi connectivity index (χ1n) is 4.93. The van der Waals surface area contributed by atoms with Gasteiger partial charge < -0.3 is 5.32 Å². The van der Waals surface area contributed by atoms with Crippen molar-refractivity contribution in [3.8, 4) is 0 Å². The summed E-state index contributed by atoms with van der Waals surface area (Å²) in [6, 6.07) is 4.41. The van der Waals surface area contributed by atoms with Gasteiger partial charge in [0, 0.05) is 17.2 Å². The molecule has 0 radical (unpaired) electrons. The molecular formula is C10H17NO2S2. The van der Waals surface area contributed by atoms with Crippen LogP contribution in [0.5, 0.6) is 0 Å². The van der Waals surface area contributed by atoms with Crippen LogP contribution >= 0.6 is 11.3 Å². The number of nitrogens with one attached hydrogen (secondary N) is 1. The van der Waals surface area contributed by atoms with Crippen molar-refractivity contribution in [1.29, 1.82) is 0 Å². The number of sulfone groups is 1. The minimum atomic E-state index is -2.81. The molecule has 0 fully saturated rings. The van der Waals surface area contributed by atoms with Crippen LogP contribution in [0.2, 0.25) is 0 Å². The third-order valence-electron chi connectivity index (χ3n) is 2.11. The fraction of sp³-hybridized carbons (Fsp3) is 0.600. The second-order valence-electron chi connectivity index (χ2n) is 3.67. The highest BCUT2D eigenvalue weighted by Crippen LogP contribution is 2.17. The van der Waals surface area contributed by atoms with E-state index in [1.165, 1.54) is 11.1 Å². The van der Waals surface area contributed by atoms with E-state index in [1.54, 1.807) is 11.3 Å². The molecule has 15 heavy (non-hydrogen) atoms. The van der Waals surface area contributed by atoms with Gasteiger partial charge in [0.25, 0.3) is 0 Å². The van der Waals surface area contributed by atoms with E-state index >= 15 is 0 Å². The first-order valence-corrected chi connectivity index (χ1v) is 7.87. The summed E-state index contributed by atoms with van der Waals surface area (Å²) < 4.78 is 21.8. The highest BCUT2D eigenvalue weighted by atomic mass is 32.2. The van der Waals surface area contributed by atoms with Gasteiger partial charge in [-0.05, 0) is 31.3 Å². The van der Waals surface area contributed by atoms with Crippen molar-refractivity contribution in [2.24, 2.45) is 0 Å². The lowest BCUT2D eigenvalue weighted by Gasteiger charge is -2.11. The molecule has 0 saturated heterocycles. The molecule has 0 spiro atoms. The second-order valence-corrected chi connectivity index (χ2v) is 6.91. The van der Waals surface area contributed by atoms with Crippen molar-refractivity contribution < 1.29 is 8.42 Å². The number of rotatable bonds is 6. The van der Waals surface area contributed by atoms with E-state index in [-0.39, 0.29) is 5.75 Å². The van der Waals surface area contributed by atoms with Crippen LogP contribution in [0.25, 0.3) is 0 Å². The van der Waals surface area contributed by atoms with E-state index in [0.29, 0.717) is 12.5 Å². The summed E-state index contributed by atoms with van der Waals surface area (Å²) in [5, 5.41) is 5.35. The van der Waals surface area contributed by atoms with Gasteiger partial charge in [0.05, 0.1) is 5.75 Å². The van der Waals surface area contributed by atoms with Gasteiger partial charge in [0.2, 0.25) is 0 Å². The molecule has 0 saturated carbocycles. The Morgan fingerprint density at radius 1 is 1.53 bits per heavy atom. The van der Waals surface area contributed by atoms with Gasteiger partial charge in [-0.2, -0.15) is 0 Å². The van der Waals surface area contributed by atoms with Gasteiger partial charge >= 0.3 is 0 Å². The monoisotopic (exact) mass is 247 g/mol. The molecule has 1 aromatic rings. The predicted octanol–water partition coefficient (Wildman–Crippen LogP) is 1.83. The summed E-state index contributed by atoms with van der Waals surface area (Å²) in [6.07, 6.45) is 1.95. The third-order valence-corrected chi connectivity index (χ3v) is 4.20. The largest absolute Gasteiger partial charge is 0.309 e. The molecule has 0 aliphatic rings. The number of thiophene rings is 1. The summed E-state index contributed by atoms with van der Waals surface area (Å²) in [5.41, 5.74) is 0. The zero-order valence-electron chi connectivity index (χ0n) is 9.06. The van der Waals surface area contributed by atoms with Gasteiger partial charge in [-0.15, -0.1) is 11.3 Å². The lowest BCUT2D eigenvalue weighted by atomic mass is 10.2. The van der Waals surface area contributed by atoms with Crippen molar-refractivity contribution in [3.63, 3.8) is 0 Å². The lowest BCUT2D eigenvalue weighted by Crippen LogP contribution is -2.21. The topological polar surface area (TPSA) is 46.2 Å². The van der Waals surface area contributed by atoms with E-state index in [9.17, 15) is 8.42 Å². The lowest BCUT2D eigenvalue weighted by molar-refractivity contribution is 0.567. The Morgan fingerprint density at radius 3 is 2.80 bits per heavy atom. The van der Waals surface area contributed by atoms with Gasteiger partial charge in [0.15, 0.2) is 0 Å². The molecule has 1 rings (SSSR count). The molecule has 0 unspecified atom stereocenters. The standard InChI is InChI=1S/C10H17NO2S2/c1-9(10-5-3-7-14-10)11-6-4-8-15(2,12)13/h3,5,7,9,11H,4,6,8H2,1-2H3/t9-/m1/s1. The Morgan fingerprint density at radius 2 is 2.27 bits per heavy atom. The van der Waals surface area contributed by atoms with Gasteiger partial charge in [-0.25, -0.2) is 8.42 Å². The fourth-order valence-corrected chi connectivity index (χ4v) is 2.72. The minimum absolute atomic E-state index is 0.261. The number of hydrogen-bond donors (Lipinski definition) is 1. The van der Waals surface area contributed by atoms with Crippen molar-refractivity contribution in [2.75, 3.05) is 18.6 Å². The normalized spacial score (nSPS) is 14.0. The fourth-order valence-electron chi connectivity index (χ4n) is 1.29. The molecule has 86 valence electrons. The molecule has 3 nitrogen and oxygen atoms in total. The molecule has 0 aliphatic heterocycles. The van der Waals surface area contributed by atoms with E-state index in [1.807, 2.05) is 11.4 Å². The highest BCUT2D eigenvalue weighted by molar-refractivity contribution is 7.90. The Balaban J connectivity index is 2.21. The highest BCUT2D eigenvalue weighted by Gasteiger charge is 2.06. The Kier molecular flexibility index (Phi) is 4.76. The molecule has 1 N–H and O–H groups in total. The van der Waals surface area contributed by atoms with E-state index in [0.717, 1.165) is 6.54 Å². The zero-order valence-corrected chi connectivity index (χ0v) is 10.7. The SMILES string of the molecule is C[C@@H](NCCCS(C)(=O)=O)c1cccs1. The predicted molar refractivity (Wildman–Crippen MR) is 65.1 cm³/mol. The molecule has 1 heterocycles. The molecule has 1 atom stereocenters. The van der Waals surface area contributed by atoms with Crippen molar-refractivity contribution in [2.45, 2.75) is 19.4 Å². The smallest absolute Gasteiger partial charge is 0.147 e. The summed E-state index contributed by atoms with van der Waals surface area (Å²) in [7, 11) is -2.81. The molecular weight excluding hydrogens is 230 g/mol. The number of hydrogen-bond acceptors (Lipinski definition) is 4. The van der Waals surface area contributed by atoms with Crippen LogP contribution in [0.15, 0.2) is 17.5 Å².